The molecule has 1 N–H and O–H groups in total. The molecule has 0 aromatic heterocycles. The predicted octanol–water partition coefficient (Wildman–Crippen LogP) is 2.29. The van der Waals surface area contributed by atoms with Gasteiger partial charge in [-0.05, 0) is 58.8 Å². The number of ether oxygens (including phenoxy) is 1. The SMILES string of the molecule is CCCNC(CCN(C)CCC(C)C)C(=O)OCC. The van der Waals surface area contributed by atoms with Crippen molar-refractivity contribution in [3.63, 3.8) is 0 Å². The van der Waals surface area contributed by atoms with E-state index in [4.69, 9.17) is 4.74 Å². The van der Waals surface area contributed by atoms with Crippen LogP contribution in [0.2, 0.25) is 0 Å². The molecule has 4 heteroatoms. The Labute approximate surface area is 118 Å². The fourth-order valence-electron chi connectivity index (χ4n) is 1.80. The van der Waals surface area contributed by atoms with Crippen LogP contribution in [-0.4, -0.2) is 50.2 Å². The molecule has 0 heterocycles. The summed E-state index contributed by atoms with van der Waals surface area (Å²) in [6.45, 7) is 11.7. The molecule has 0 fully saturated rings. The van der Waals surface area contributed by atoms with E-state index in [1.54, 1.807) is 0 Å². The topological polar surface area (TPSA) is 41.6 Å². The van der Waals surface area contributed by atoms with Crippen LogP contribution in [0.3, 0.4) is 0 Å². The van der Waals surface area contributed by atoms with Gasteiger partial charge in [0.1, 0.15) is 6.04 Å². The Kier molecular flexibility index (Phi) is 10.9. The Balaban J connectivity index is 4.05. The predicted molar refractivity (Wildman–Crippen MR) is 80.3 cm³/mol. The van der Waals surface area contributed by atoms with E-state index in [-0.39, 0.29) is 12.0 Å². The van der Waals surface area contributed by atoms with Crippen molar-refractivity contribution in [2.24, 2.45) is 5.92 Å². The molecular weight excluding hydrogens is 240 g/mol. The summed E-state index contributed by atoms with van der Waals surface area (Å²) in [7, 11) is 2.12. The largest absolute Gasteiger partial charge is 0.465 e. The molecule has 0 aromatic rings. The number of carbonyl (C=O) groups excluding carboxylic acids is 1. The second-order valence-corrected chi connectivity index (χ2v) is 5.53. The lowest BCUT2D eigenvalue weighted by Crippen LogP contribution is -2.41. The summed E-state index contributed by atoms with van der Waals surface area (Å²) < 4.78 is 5.11. The van der Waals surface area contributed by atoms with Crippen LogP contribution < -0.4 is 5.32 Å². The maximum atomic E-state index is 11.8. The van der Waals surface area contributed by atoms with E-state index < -0.39 is 0 Å². The number of hydrogen-bond acceptors (Lipinski definition) is 4. The monoisotopic (exact) mass is 272 g/mol. The number of nitrogens with zero attached hydrogens (tertiary/aromatic N) is 1. The Hall–Kier alpha value is -0.610. The van der Waals surface area contributed by atoms with Crippen molar-refractivity contribution >= 4 is 5.97 Å². The summed E-state index contributed by atoms with van der Waals surface area (Å²) in [5, 5.41) is 3.27. The van der Waals surface area contributed by atoms with Crippen molar-refractivity contribution in [2.45, 2.75) is 53.0 Å². The van der Waals surface area contributed by atoms with Crippen LogP contribution in [0.4, 0.5) is 0 Å². The minimum atomic E-state index is -0.165. The molecule has 0 aliphatic rings. The van der Waals surface area contributed by atoms with E-state index in [2.05, 4.69) is 38.0 Å². The van der Waals surface area contributed by atoms with Crippen LogP contribution in [0.15, 0.2) is 0 Å². The van der Waals surface area contributed by atoms with Crippen LogP contribution in [0, 0.1) is 5.92 Å². The smallest absolute Gasteiger partial charge is 0.323 e. The highest BCUT2D eigenvalue weighted by Gasteiger charge is 2.19. The molecule has 0 bridgehead atoms. The lowest BCUT2D eigenvalue weighted by Gasteiger charge is -2.22. The van der Waals surface area contributed by atoms with Gasteiger partial charge in [-0.25, -0.2) is 0 Å². The molecule has 0 aliphatic carbocycles. The maximum absolute atomic E-state index is 11.8. The van der Waals surface area contributed by atoms with Gasteiger partial charge in [-0.15, -0.1) is 0 Å². The second-order valence-electron chi connectivity index (χ2n) is 5.53. The fraction of sp³-hybridized carbons (Fsp3) is 0.933. The molecule has 0 rings (SSSR count). The molecule has 0 radical (unpaired) electrons. The van der Waals surface area contributed by atoms with Gasteiger partial charge in [0, 0.05) is 0 Å². The summed E-state index contributed by atoms with van der Waals surface area (Å²) >= 11 is 0. The van der Waals surface area contributed by atoms with Gasteiger partial charge >= 0.3 is 5.97 Å². The highest BCUT2D eigenvalue weighted by atomic mass is 16.5. The summed E-state index contributed by atoms with van der Waals surface area (Å²) in [6.07, 6.45) is 3.04. The third kappa shape index (κ3) is 9.91. The van der Waals surface area contributed by atoms with Crippen molar-refractivity contribution in [2.75, 3.05) is 33.3 Å². The van der Waals surface area contributed by atoms with Crippen molar-refractivity contribution in [3.05, 3.63) is 0 Å². The van der Waals surface area contributed by atoms with Gasteiger partial charge in [-0.1, -0.05) is 20.8 Å². The molecule has 0 aliphatic heterocycles. The maximum Gasteiger partial charge on any atom is 0.323 e. The number of rotatable bonds is 11. The van der Waals surface area contributed by atoms with Gasteiger partial charge in [-0.3, -0.25) is 4.79 Å². The van der Waals surface area contributed by atoms with E-state index in [0.29, 0.717) is 6.61 Å². The van der Waals surface area contributed by atoms with E-state index in [9.17, 15) is 4.79 Å². The van der Waals surface area contributed by atoms with Gasteiger partial charge in [0.15, 0.2) is 0 Å². The Bertz CT molecular complexity index is 232. The van der Waals surface area contributed by atoms with Crippen LogP contribution in [0.1, 0.15) is 47.0 Å². The molecule has 0 amide bonds. The highest BCUT2D eigenvalue weighted by molar-refractivity contribution is 5.75. The first-order valence-corrected chi connectivity index (χ1v) is 7.59. The molecule has 0 spiro atoms. The van der Waals surface area contributed by atoms with E-state index >= 15 is 0 Å². The number of carbonyl (C=O) groups is 1. The van der Waals surface area contributed by atoms with Gasteiger partial charge in [0.05, 0.1) is 6.61 Å². The third-order valence-corrected chi connectivity index (χ3v) is 3.10. The minimum absolute atomic E-state index is 0.117. The third-order valence-electron chi connectivity index (χ3n) is 3.10. The lowest BCUT2D eigenvalue weighted by molar-refractivity contribution is -0.145. The van der Waals surface area contributed by atoms with Crippen LogP contribution >= 0.6 is 0 Å². The van der Waals surface area contributed by atoms with Crippen molar-refractivity contribution in [1.82, 2.24) is 10.2 Å². The van der Waals surface area contributed by atoms with Crippen molar-refractivity contribution in [3.8, 4) is 0 Å². The number of hydrogen-bond donors (Lipinski definition) is 1. The average Bonchev–Trinajstić information content (AvgIpc) is 2.36. The summed E-state index contributed by atoms with van der Waals surface area (Å²) in [5.74, 6) is 0.606. The molecule has 1 atom stereocenters. The first kappa shape index (κ1) is 18.4. The van der Waals surface area contributed by atoms with Crippen LogP contribution in [0.5, 0.6) is 0 Å². The quantitative estimate of drug-likeness (QED) is 0.586. The molecule has 1 unspecified atom stereocenters. The van der Waals surface area contributed by atoms with Gasteiger partial charge in [0.25, 0.3) is 0 Å². The first-order chi connectivity index (χ1) is 9.01. The van der Waals surface area contributed by atoms with Crippen LogP contribution in [-0.2, 0) is 9.53 Å². The minimum Gasteiger partial charge on any atom is -0.465 e. The Morgan fingerprint density at radius 2 is 1.84 bits per heavy atom. The lowest BCUT2D eigenvalue weighted by atomic mass is 10.1. The molecule has 0 saturated heterocycles. The van der Waals surface area contributed by atoms with Gasteiger partial charge in [0.2, 0.25) is 0 Å². The highest BCUT2D eigenvalue weighted by Crippen LogP contribution is 2.03. The molecule has 19 heavy (non-hydrogen) atoms. The molecule has 0 aromatic carbocycles. The summed E-state index contributed by atoms with van der Waals surface area (Å²) in [5.41, 5.74) is 0. The molecule has 114 valence electrons. The van der Waals surface area contributed by atoms with Gasteiger partial charge < -0.3 is 15.0 Å². The first-order valence-electron chi connectivity index (χ1n) is 7.59. The van der Waals surface area contributed by atoms with Crippen molar-refractivity contribution in [1.29, 1.82) is 0 Å². The zero-order valence-electron chi connectivity index (χ0n) is 13.4. The number of esters is 1. The molecular formula is C15H32N2O2. The zero-order chi connectivity index (χ0) is 14.7. The summed E-state index contributed by atoms with van der Waals surface area (Å²) in [4.78, 5) is 14.1. The van der Waals surface area contributed by atoms with Gasteiger partial charge in [-0.2, -0.15) is 0 Å². The summed E-state index contributed by atoms with van der Waals surface area (Å²) in [6, 6.07) is -0.165. The Morgan fingerprint density at radius 3 is 2.37 bits per heavy atom. The molecule has 0 saturated carbocycles. The second kappa shape index (κ2) is 11.2. The van der Waals surface area contributed by atoms with E-state index in [1.807, 2.05) is 6.92 Å². The normalized spacial score (nSPS) is 13.0. The molecule has 4 nitrogen and oxygen atoms in total. The van der Waals surface area contributed by atoms with Crippen LogP contribution in [0.25, 0.3) is 0 Å². The zero-order valence-corrected chi connectivity index (χ0v) is 13.4. The van der Waals surface area contributed by atoms with E-state index in [0.717, 1.165) is 38.4 Å². The standard InChI is InChI=1S/C15H32N2O2/c1-6-10-16-14(15(18)19-7-2)9-12-17(5)11-8-13(3)4/h13-14,16H,6-12H2,1-5H3. The Morgan fingerprint density at radius 1 is 1.21 bits per heavy atom. The van der Waals surface area contributed by atoms with E-state index in [1.165, 1.54) is 6.42 Å². The van der Waals surface area contributed by atoms with Crippen molar-refractivity contribution < 1.29 is 9.53 Å². The average molecular weight is 272 g/mol. The number of nitrogens with one attached hydrogen (secondary N) is 1. The fourth-order valence-corrected chi connectivity index (χ4v) is 1.80.